The van der Waals surface area contributed by atoms with E-state index in [1.54, 1.807) is 29.0 Å². The molecule has 4 rings (SSSR count). The lowest BCUT2D eigenvalue weighted by Crippen LogP contribution is -2.04. The number of aromatic nitrogens is 3. The van der Waals surface area contributed by atoms with Gasteiger partial charge in [0, 0.05) is 28.7 Å². The van der Waals surface area contributed by atoms with E-state index in [4.69, 9.17) is 11.6 Å². The first kappa shape index (κ1) is 18.8. The summed E-state index contributed by atoms with van der Waals surface area (Å²) in [5.74, 6) is 0.369. The largest absolute Gasteiger partial charge is 0.416 e. The van der Waals surface area contributed by atoms with E-state index in [0.717, 1.165) is 22.8 Å². The maximum atomic E-state index is 12.9. The van der Waals surface area contributed by atoms with E-state index in [2.05, 4.69) is 10.1 Å². The minimum absolute atomic E-state index is 0.369. The van der Waals surface area contributed by atoms with Gasteiger partial charge in [-0.1, -0.05) is 53.7 Å². The van der Waals surface area contributed by atoms with Gasteiger partial charge >= 0.3 is 6.18 Å². The first-order valence-corrected chi connectivity index (χ1v) is 9.66. The molecule has 0 atom stereocenters. The Hall–Kier alpha value is -2.51. The van der Waals surface area contributed by atoms with E-state index >= 15 is 0 Å². The lowest BCUT2D eigenvalue weighted by Gasteiger charge is -2.08. The standard InChI is InChI=1S/C20H13ClF3N3S/c21-16-6-2-4-14(10-16)17-11-18-19(25-7-8-27(18)26-17)28-12-13-3-1-5-15(9-13)20(22,23)24/h1-11H,12H2. The number of benzene rings is 2. The number of fused-ring (bicyclic) bond motifs is 1. The van der Waals surface area contributed by atoms with Crippen molar-refractivity contribution in [2.24, 2.45) is 0 Å². The highest BCUT2D eigenvalue weighted by molar-refractivity contribution is 7.98. The van der Waals surface area contributed by atoms with E-state index in [1.807, 2.05) is 24.3 Å². The number of rotatable bonds is 4. The van der Waals surface area contributed by atoms with E-state index < -0.39 is 11.7 Å². The fourth-order valence-electron chi connectivity index (χ4n) is 2.79. The molecule has 0 aliphatic rings. The van der Waals surface area contributed by atoms with Crippen LogP contribution in [0.25, 0.3) is 16.8 Å². The molecule has 0 aliphatic carbocycles. The van der Waals surface area contributed by atoms with Crippen LogP contribution in [-0.4, -0.2) is 14.6 Å². The van der Waals surface area contributed by atoms with Crippen molar-refractivity contribution in [3.8, 4) is 11.3 Å². The molecule has 3 nitrogen and oxygen atoms in total. The van der Waals surface area contributed by atoms with Crippen LogP contribution >= 0.6 is 23.4 Å². The van der Waals surface area contributed by atoms with Gasteiger partial charge in [0.25, 0.3) is 0 Å². The van der Waals surface area contributed by atoms with Gasteiger partial charge in [-0.25, -0.2) is 9.50 Å². The second-order valence-corrected chi connectivity index (χ2v) is 7.49. The highest BCUT2D eigenvalue weighted by Crippen LogP contribution is 2.32. The van der Waals surface area contributed by atoms with Gasteiger partial charge in [-0.3, -0.25) is 0 Å². The summed E-state index contributed by atoms with van der Waals surface area (Å²) in [7, 11) is 0. The maximum absolute atomic E-state index is 12.9. The molecule has 2 heterocycles. The van der Waals surface area contributed by atoms with Crippen LogP contribution < -0.4 is 0 Å². The van der Waals surface area contributed by atoms with Crippen molar-refractivity contribution in [3.63, 3.8) is 0 Å². The Morgan fingerprint density at radius 2 is 1.86 bits per heavy atom. The molecule has 0 aliphatic heterocycles. The first-order valence-electron chi connectivity index (χ1n) is 8.29. The monoisotopic (exact) mass is 419 g/mol. The van der Waals surface area contributed by atoms with E-state index in [9.17, 15) is 13.2 Å². The Labute approximate surface area is 168 Å². The van der Waals surface area contributed by atoms with Gasteiger partial charge in [0.05, 0.1) is 16.8 Å². The molecule has 0 amide bonds. The summed E-state index contributed by atoms with van der Waals surface area (Å²) in [5.41, 5.74) is 2.35. The van der Waals surface area contributed by atoms with Crippen molar-refractivity contribution in [2.75, 3.05) is 0 Å². The third kappa shape index (κ3) is 4.00. The van der Waals surface area contributed by atoms with Gasteiger partial charge in [-0.05, 0) is 29.8 Å². The third-order valence-corrected chi connectivity index (χ3v) is 5.41. The fourth-order valence-corrected chi connectivity index (χ4v) is 3.90. The van der Waals surface area contributed by atoms with Crippen LogP contribution in [0.2, 0.25) is 5.02 Å². The lowest BCUT2D eigenvalue weighted by molar-refractivity contribution is -0.137. The van der Waals surface area contributed by atoms with Crippen LogP contribution in [0.1, 0.15) is 11.1 Å². The average Bonchev–Trinajstić information content (AvgIpc) is 3.11. The zero-order chi connectivity index (χ0) is 19.7. The topological polar surface area (TPSA) is 30.2 Å². The molecule has 8 heteroatoms. The minimum Gasteiger partial charge on any atom is -0.246 e. The molecule has 2 aromatic heterocycles. The summed E-state index contributed by atoms with van der Waals surface area (Å²) in [5, 5.41) is 5.85. The van der Waals surface area contributed by atoms with Gasteiger partial charge in [0.2, 0.25) is 0 Å². The average molecular weight is 420 g/mol. The minimum atomic E-state index is -4.35. The molecule has 4 aromatic rings. The van der Waals surface area contributed by atoms with Gasteiger partial charge in [-0.2, -0.15) is 18.3 Å². The van der Waals surface area contributed by atoms with Crippen molar-refractivity contribution in [1.82, 2.24) is 14.6 Å². The Balaban J connectivity index is 1.61. The Kier molecular flexibility index (Phi) is 5.03. The second kappa shape index (κ2) is 7.48. The number of hydrogen-bond acceptors (Lipinski definition) is 3. The van der Waals surface area contributed by atoms with Crippen molar-refractivity contribution in [1.29, 1.82) is 0 Å². The Morgan fingerprint density at radius 1 is 1.04 bits per heavy atom. The summed E-state index contributed by atoms with van der Waals surface area (Å²) in [6.45, 7) is 0. The first-order chi connectivity index (χ1) is 13.4. The molecule has 142 valence electrons. The second-order valence-electron chi connectivity index (χ2n) is 6.09. The number of alkyl halides is 3. The molecule has 28 heavy (non-hydrogen) atoms. The lowest BCUT2D eigenvalue weighted by atomic mass is 10.1. The predicted molar refractivity (Wildman–Crippen MR) is 104 cm³/mol. The molecule has 0 bridgehead atoms. The molecule has 0 saturated heterocycles. The van der Waals surface area contributed by atoms with Crippen molar-refractivity contribution in [2.45, 2.75) is 17.0 Å². The Morgan fingerprint density at radius 3 is 2.64 bits per heavy atom. The van der Waals surface area contributed by atoms with Crippen LogP contribution in [0, 0.1) is 0 Å². The molecule has 0 fully saturated rings. The van der Waals surface area contributed by atoms with Gasteiger partial charge < -0.3 is 0 Å². The van der Waals surface area contributed by atoms with Crippen molar-refractivity contribution >= 4 is 28.9 Å². The van der Waals surface area contributed by atoms with Crippen molar-refractivity contribution < 1.29 is 13.2 Å². The van der Waals surface area contributed by atoms with Crippen LogP contribution in [0.4, 0.5) is 13.2 Å². The maximum Gasteiger partial charge on any atom is 0.416 e. The Bertz CT molecular complexity index is 1140. The fraction of sp³-hybridized carbons (Fsp3) is 0.100. The normalized spacial score (nSPS) is 11.9. The van der Waals surface area contributed by atoms with Gasteiger partial charge in [0.15, 0.2) is 0 Å². The third-order valence-electron chi connectivity index (χ3n) is 4.10. The number of halogens is 4. The zero-order valence-corrected chi connectivity index (χ0v) is 15.9. The molecule has 0 saturated carbocycles. The van der Waals surface area contributed by atoms with E-state index in [1.165, 1.54) is 23.9 Å². The molecule has 2 aromatic carbocycles. The molecule has 0 radical (unpaired) electrons. The number of nitrogens with zero attached hydrogens (tertiary/aromatic N) is 3. The smallest absolute Gasteiger partial charge is 0.246 e. The molecule has 0 unspecified atom stereocenters. The van der Waals surface area contributed by atoms with Crippen LogP contribution in [0.5, 0.6) is 0 Å². The number of thioether (sulfide) groups is 1. The summed E-state index contributed by atoms with van der Waals surface area (Å²) < 4.78 is 40.4. The van der Waals surface area contributed by atoms with E-state index in [-0.39, 0.29) is 0 Å². The molecule has 0 spiro atoms. The van der Waals surface area contributed by atoms with Crippen LogP contribution in [0.15, 0.2) is 72.0 Å². The quantitative estimate of drug-likeness (QED) is 0.360. The SMILES string of the molecule is FC(F)(F)c1cccc(CSc2nccn3nc(-c4cccc(Cl)c4)cc23)c1. The van der Waals surface area contributed by atoms with E-state index in [0.29, 0.717) is 21.4 Å². The van der Waals surface area contributed by atoms with Crippen LogP contribution in [-0.2, 0) is 11.9 Å². The summed E-state index contributed by atoms with van der Waals surface area (Å²) in [6.07, 6.45) is -0.996. The molecular formula is C20H13ClF3N3S. The highest BCUT2D eigenvalue weighted by Gasteiger charge is 2.30. The molecular weight excluding hydrogens is 407 g/mol. The predicted octanol–water partition coefficient (Wildman–Crippen LogP) is 6.36. The van der Waals surface area contributed by atoms with Gasteiger partial charge in [-0.15, -0.1) is 0 Å². The summed E-state index contributed by atoms with van der Waals surface area (Å²) in [6, 6.07) is 14.6. The van der Waals surface area contributed by atoms with Crippen molar-refractivity contribution in [3.05, 3.63) is 83.1 Å². The molecule has 0 N–H and O–H groups in total. The highest BCUT2D eigenvalue weighted by atomic mass is 35.5. The summed E-state index contributed by atoms with van der Waals surface area (Å²) in [4.78, 5) is 4.37. The summed E-state index contributed by atoms with van der Waals surface area (Å²) >= 11 is 7.42. The number of hydrogen-bond donors (Lipinski definition) is 0. The van der Waals surface area contributed by atoms with Crippen LogP contribution in [0.3, 0.4) is 0 Å². The zero-order valence-electron chi connectivity index (χ0n) is 14.3. The van der Waals surface area contributed by atoms with Gasteiger partial charge in [0.1, 0.15) is 5.03 Å².